The molecule has 2 aromatic carbocycles. The van der Waals surface area contributed by atoms with Crippen molar-refractivity contribution in [2.24, 2.45) is 5.92 Å². The number of ether oxygens (including phenoxy) is 2. The molecule has 248 valence electrons. The molecule has 0 fully saturated rings. The first-order valence-electron chi connectivity index (χ1n) is 15.4. The van der Waals surface area contributed by atoms with Crippen molar-refractivity contribution in [2.75, 3.05) is 0 Å². The van der Waals surface area contributed by atoms with Gasteiger partial charge in [0.15, 0.2) is 0 Å². The lowest BCUT2D eigenvalue weighted by atomic mass is 9.90. The molecule has 0 radical (unpaired) electrons. The monoisotopic (exact) mass is 634 g/mol. The zero-order valence-electron chi connectivity index (χ0n) is 27.1. The van der Waals surface area contributed by atoms with E-state index in [1.165, 1.54) is 0 Å². The normalized spacial score (nSPS) is 14.7. The minimum Gasteiger partial charge on any atom is -0.445 e. The largest absolute Gasteiger partial charge is 0.445 e. The molecule has 0 spiro atoms. The summed E-state index contributed by atoms with van der Waals surface area (Å²) in [4.78, 5) is 43.1. The Labute approximate surface area is 270 Å². The lowest BCUT2D eigenvalue weighted by molar-refractivity contribution is -0.126. The van der Waals surface area contributed by atoms with Crippen molar-refractivity contribution in [3.8, 4) is 0 Å². The standard InChI is InChI=1S/C35H46N4O7/c1-23(2)29(39-33(43)45-22-26-17-12-18-36-21-26)32(42)37-27(19-24-13-8-6-9-14-24)30(40)31(41)28(20-25-15-10-7-11-16-25)38-34(44)46-35(3,4)5/h6-18,21,23,27-31,40-41H,19-20,22H2,1-5H3,(H,37,42)(H,38,44)(H,39,43)/t27-,28-,29-,30+,31-/m0/s1. The molecule has 5 atom stereocenters. The van der Waals surface area contributed by atoms with Gasteiger partial charge in [0.05, 0.1) is 12.1 Å². The highest BCUT2D eigenvalue weighted by Gasteiger charge is 2.37. The molecule has 0 aliphatic rings. The van der Waals surface area contributed by atoms with Crippen LogP contribution in [0.2, 0.25) is 0 Å². The Morgan fingerprint density at radius 2 is 1.26 bits per heavy atom. The van der Waals surface area contributed by atoms with E-state index < -0.39 is 54.0 Å². The fourth-order valence-corrected chi connectivity index (χ4v) is 4.79. The number of alkyl carbamates (subject to hydrolysis) is 2. The molecule has 0 unspecified atom stereocenters. The molecule has 0 aliphatic carbocycles. The minimum atomic E-state index is -1.53. The average Bonchev–Trinajstić information content (AvgIpc) is 3.01. The fraction of sp³-hybridized carbons (Fsp3) is 0.429. The van der Waals surface area contributed by atoms with Crippen molar-refractivity contribution in [3.63, 3.8) is 0 Å². The van der Waals surface area contributed by atoms with E-state index in [-0.39, 0.29) is 25.4 Å². The summed E-state index contributed by atoms with van der Waals surface area (Å²) in [6.07, 6.45) is -1.06. The molecule has 11 heteroatoms. The molecule has 1 heterocycles. The first kappa shape index (κ1) is 36.0. The van der Waals surface area contributed by atoms with Gasteiger partial charge in [0, 0.05) is 18.0 Å². The molecule has 0 aliphatic heterocycles. The molecule has 3 rings (SSSR count). The van der Waals surface area contributed by atoms with Crippen LogP contribution in [0.1, 0.15) is 51.3 Å². The van der Waals surface area contributed by atoms with E-state index in [4.69, 9.17) is 9.47 Å². The van der Waals surface area contributed by atoms with Gasteiger partial charge in [-0.05, 0) is 56.7 Å². The lowest BCUT2D eigenvalue weighted by Gasteiger charge is -2.34. The smallest absolute Gasteiger partial charge is 0.408 e. The van der Waals surface area contributed by atoms with Gasteiger partial charge in [0.25, 0.3) is 0 Å². The summed E-state index contributed by atoms with van der Waals surface area (Å²) in [6.45, 7) is 8.69. The molecule has 5 N–H and O–H groups in total. The molecule has 3 aromatic rings. The Kier molecular flexibility index (Phi) is 13.5. The number of benzene rings is 2. The Balaban J connectivity index is 1.81. The second-order valence-corrected chi connectivity index (χ2v) is 12.5. The molecule has 0 saturated heterocycles. The molecule has 0 bridgehead atoms. The number of aromatic nitrogens is 1. The van der Waals surface area contributed by atoms with Crippen molar-refractivity contribution in [1.82, 2.24) is 20.9 Å². The van der Waals surface area contributed by atoms with Gasteiger partial charge in [-0.2, -0.15) is 0 Å². The van der Waals surface area contributed by atoms with Gasteiger partial charge >= 0.3 is 12.2 Å². The fourth-order valence-electron chi connectivity index (χ4n) is 4.79. The average molecular weight is 635 g/mol. The number of pyridine rings is 1. The number of nitrogens with zero attached hydrogens (tertiary/aromatic N) is 1. The first-order valence-corrected chi connectivity index (χ1v) is 15.4. The summed E-state index contributed by atoms with van der Waals surface area (Å²) in [7, 11) is 0. The van der Waals surface area contributed by atoms with E-state index in [9.17, 15) is 24.6 Å². The van der Waals surface area contributed by atoms with E-state index in [0.29, 0.717) is 5.56 Å². The Morgan fingerprint density at radius 1 is 0.739 bits per heavy atom. The zero-order valence-corrected chi connectivity index (χ0v) is 27.1. The number of nitrogens with one attached hydrogen (secondary N) is 3. The van der Waals surface area contributed by atoms with E-state index in [0.717, 1.165) is 11.1 Å². The van der Waals surface area contributed by atoms with Gasteiger partial charge in [-0.3, -0.25) is 9.78 Å². The molecule has 46 heavy (non-hydrogen) atoms. The summed E-state index contributed by atoms with van der Waals surface area (Å²) in [5.74, 6) is -0.912. The van der Waals surface area contributed by atoms with Crippen molar-refractivity contribution in [1.29, 1.82) is 0 Å². The number of amides is 3. The number of carbonyl (C=O) groups excluding carboxylic acids is 3. The van der Waals surface area contributed by atoms with Crippen LogP contribution in [0.3, 0.4) is 0 Å². The van der Waals surface area contributed by atoms with Crippen molar-refractivity contribution >= 4 is 18.1 Å². The van der Waals surface area contributed by atoms with Crippen molar-refractivity contribution in [2.45, 2.75) is 90.0 Å². The third kappa shape index (κ3) is 12.1. The van der Waals surface area contributed by atoms with Crippen LogP contribution < -0.4 is 16.0 Å². The molecule has 0 saturated carbocycles. The van der Waals surface area contributed by atoms with Crippen LogP contribution in [-0.2, 0) is 33.7 Å². The SMILES string of the molecule is CC(C)[C@H](NC(=O)OCc1cccnc1)C(=O)N[C@@H](Cc1ccccc1)[C@@H](O)[C@@H](O)[C@H](Cc1ccccc1)NC(=O)OC(C)(C)C. The van der Waals surface area contributed by atoms with Crippen molar-refractivity contribution < 1.29 is 34.1 Å². The molecule has 3 amide bonds. The van der Waals surface area contributed by atoms with Gasteiger partial charge in [0.2, 0.25) is 5.91 Å². The van der Waals surface area contributed by atoms with Gasteiger partial charge < -0.3 is 35.6 Å². The summed E-state index contributed by atoms with van der Waals surface area (Å²) in [6, 6.07) is 18.9. The second kappa shape index (κ2) is 17.3. The number of aliphatic hydroxyl groups is 2. The van der Waals surface area contributed by atoms with Gasteiger partial charge in [-0.1, -0.05) is 80.6 Å². The van der Waals surface area contributed by atoms with E-state index in [2.05, 4.69) is 20.9 Å². The first-order chi connectivity index (χ1) is 21.8. The van der Waals surface area contributed by atoms with E-state index in [1.807, 2.05) is 60.7 Å². The van der Waals surface area contributed by atoms with Gasteiger partial charge in [-0.25, -0.2) is 9.59 Å². The Hall–Kier alpha value is -4.48. The van der Waals surface area contributed by atoms with Crippen LogP contribution >= 0.6 is 0 Å². The Morgan fingerprint density at radius 3 is 1.74 bits per heavy atom. The van der Waals surface area contributed by atoms with Crippen molar-refractivity contribution in [3.05, 3.63) is 102 Å². The number of aliphatic hydroxyl groups excluding tert-OH is 2. The van der Waals surface area contributed by atoms with E-state index in [1.54, 1.807) is 59.1 Å². The Bertz CT molecular complexity index is 1370. The van der Waals surface area contributed by atoms with Crippen LogP contribution in [-0.4, -0.2) is 69.2 Å². The number of hydrogen-bond acceptors (Lipinski definition) is 8. The maximum absolute atomic E-state index is 13.6. The highest BCUT2D eigenvalue weighted by molar-refractivity contribution is 5.86. The number of rotatable bonds is 14. The van der Waals surface area contributed by atoms with Gasteiger partial charge in [-0.15, -0.1) is 0 Å². The summed E-state index contributed by atoms with van der Waals surface area (Å²) in [5, 5.41) is 31.3. The maximum Gasteiger partial charge on any atom is 0.408 e. The number of hydrogen-bond donors (Lipinski definition) is 5. The van der Waals surface area contributed by atoms with Crippen LogP contribution in [0.25, 0.3) is 0 Å². The molecular weight excluding hydrogens is 588 g/mol. The van der Waals surface area contributed by atoms with Gasteiger partial charge in [0.1, 0.15) is 30.5 Å². The molecule has 1 aromatic heterocycles. The zero-order chi connectivity index (χ0) is 33.7. The summed E-state index contributed by atoms with van der Waals surface area (Å²) in [5.41, 5.74) is 1.51. The highest BCUT2D eigenvalue weighted by atomic mass is 16.6. The maximum atomic E-state index is 13.6. The quantitative estimate of drug-likeness (QED) is 0.179. The van der Waals surface area contributed by atoms with E-state index >= 15 is 0 Å². The summed E-state index contributed by atoms with van der Waals surface area (Å²) < 4.78 is 10.7. The van der Waals surface area contributed by atoms with Crippen LogP contribution in [0, 0.1) is 5.92 Å². The minimum absolute atomic E-state index is 0.0267. The predicted octanol–water partition coefficient (Wildman–Crippen LogP) is 3.92. The number of carbonyl (C=O) groups is 3. The second-order valence-electron chi connectivity index (χ2n) is 12.5. The highest BCUT2D eigenvalue weighted by Crippen LogP contribution is 2.17. The third-order valence-corrected chi connectivity index (χ3v) is 7.12. The van der Waals surface area contributed by atoms with Crippen LogP contribution in [0.4, 0.5) is 9.59 Å². The molecule has 11 nitrogen and oxygen atoms in total. The van der Waals surface area contributed by atoms with Crippen LogP contribution in [0.5, 0.6) is 0 Å². The summed E-state index contributed by atoms with van der Waals surface area (Å²) >= 11 is 0. The predicted molar refractivity (Wildman–Crippen MR) is 174 cm³/mol. The topological polar surface area (TPSA) is 159 Å². The third-order valence-electron chi connectivity index (χ3n) is 7.12. The van der Waals surface area contributed by atoms with Crippen LogP contribution in [0.15, 0.2) is 85.2 Å². The lowest BCUT2D eigenvalue weighted by Crippen LogP contribution is -2.60. The molecular formula is C35H46N4O7.